The Labute approximate surface area is 79.1 Å². The van der Waals surface area contributed by atoms with Gasteiger partial charge < -0.3 is 5.32 Å². The number of nitrogens with one attached hydrogen (secondary N) is 1. The normalized spacial score (nSPS) is 29.1. The van der Waals surface area contributed by atoms with E-state index in [0.717, 1.165) is 12.5 Å². The maximum absolute atomic E-state index is 4.42. The van der Waals surface area contributed by atoms with E-state index in [1.165, 1.54) is 18.5 Å². The Morgan fingerprint density at radius 3 is 3.08 bits per heavy atom. The number of piperidine rings is 1. The molecule has 1 saturated heterocycles. The van der Waals surface area contributed by atoms with Gasteiger partial charge in [0.05, 0.1) is 11.7 Å². The van der Waals surface area contributed by atoms with Crippen LogP contribution in [0.15, 0.2) is 12.3 Å². The third kappa shape index (κ3) is 1.91. The molecule has 0 bridgehead atoms. The summed E-state index contributed by atoms with van der Waals surface area (Å²) < 4.78 is 1.87. The summed E-state index contributed by atoms with van der Waals surface area (Å²) in [7, 11) is 1.97. The number of aromatic nitrogens is 2. The molecule has 72 valence electrons. The SMILES string of the molecule is CC1CCNC(c2ccn(C)n2)C1. The molecule has 2 heterocycles. The van der Waals surface area contributed by atoms with Gasteiger partial charge in [0, 0.05) is 13.2 Å². The van der Waals surface area contributed by atoms with Crippen LogP contribution in [0.1, 0.15) is 31.5 Å². The predicted octanol–water partition coefficient (Wildman–Crippen LogP) is 1.48. The first-order valence-electron chi connectivity index (χ1n) is 4.98. The topological polar surface area (TPSA) is 29.9 Å². The lowest BCUT2D eigenvalue weighted by atomic mass is 9.93. The second-order valence-electron chi connectivity index (χ2n) is 4.05. The first-order valence-corrected chi connectivity index (χ1v) is 4.98. The lowest BCUT2D eigenvalue weighted by Crippen LogP contribution is -2.31. The molecule has 3 heteroatoms. The Balaban J connectivity index is 2.08. The van der Waals surface area contributed by atoms with Crippen molar-refractivity contribution in [3.8, 4) is 0 Å². The van der Waals surface area contributed by atoms with E-state index in [0.29, 0.717) is 6.04 Å². The molecule has 1 fully saturated rings. The molecule has 1 aromatic heterocycles. The van der Waals surface area contributed by atoms with Gasteiger partial charge in [-0.15, -0.1) is 0 Å². The van der Waals surface area contributed by atoms with Crippen molar-refractivity contribution in [3.05, 3.63) is 18.0 Å². The summed E-state index contributed by atoms with van der Waals surface area (Å²) >= 11 is 0. The second-order valence-corrected chi connectivity index (χ2v) is 4.05. The van der Waals surface area contributed by atoms with Crippen LogP contribution in [0, 0.1) is 5.92 Å². The lowest BCUT2D eigenvalue weighted by Gasteiger charge is -2.26. The molecular weight excluding hydrogens is 162 g/mol. The Bertz CT molecular complexity index is 279. The predicted molar refractivity (Wildman–Crippen MR) is 52.3 cm³/mol. The highest BCUT2D eigenvalue weighted by atomic mass is 15.3. The Kier molecular flexibility index (Phi) is 2.36. The van der Waals surface area contributed by atoms with Gasteiger partial charge in [-0.2, -0.15) is 5.10 Å². The monoisotopic (exact) mass is 179 g/mol. The first-order chi connectivity index (χ1) is 6.25. The molecule has 2 atom stereocenters. The number of hydrogen-bond acceptors (Lipinski definition) is 2. The molecular formula is C10H17N3. The highest BCUT2D eigenvalue weighted by Gasteiger charge is 2.20. The molecule has 0 saturated carbocycles. The second kappa shape index (κ2) is 3.50. The minimum Gasteiger partial charge on any atom is -0.309 e. The van der Waals surface area contributed by atoms with Crippen molar-refractivity contribution in [1.29, 1.82) is 0 Å². The van der Waals surface area contributed by atoms with Crippen LogP contribution in [-0.2, 0) is 7.05 Å². The smallest absolute Gasteiger partial charge is 0.0793 e. The average molecular weight is 179 g/mol. The van der Waals surface area contributed by atoms with Crippen molar-refractivity contribution in [2.24, 2.45) is 13.0 Å². The van der Waals surface area contributed by atoms with Crippen LogP contribution >= 0.6 is 0 Å². The fourth-order valence-electron chi connectivity index (χ4n) is 1.95. The lowest BCUT2D eigenvalue weighted by molar-refractivity contribution is 0.319. The van der Waals surface area contributed by atoms with E-state index in [9.17, 15) is 0 Å². The molecule has 0 aliphatic carbocycles. The number of rotatable bonds is 1. The summed E-state index contributed by atoms with van der Waals surface area (Å²) in [5.74, 6) is 0.827. The van der Waals surface area contributed by atoms with Crippen LogP contribution in [-0.4, -0.2) is 16.3 Å². The minimum atomic E-state index is 0.477. The maximum Gasteiger partial charge on any atom is 0.0793 e. The van der Waals surface area contributed by atoms with Gasteiger partial charge in [0.15, 0.2) is 0 Å². The molecule has 0 radical (unpaired) electrons. The van der Waals surface area contributed by atoms with Crippen molar-refractivity contribution in [2.75, 3.05) is 6.54 Å². The molecule has 2 unspecified atom stereocenters. The van der Waals surface area contributed by atoms with Gasteiger partial charge in [-0.3, -0.25) is 4.68 Å². The van der Waals surface area contributed by atoms with Gasteiger partial charge in [-0.1, -0.05) is 6.92 Å². The van der Waals surface area contributed by atoms with E-state index in [1.54, 1.807) is 0 Å². The molecule has 1 aliphatic heterocycles. The summed E-state index contributed by atoms with van der Waals surface area (Å²) in [6.07, 6.45) is 4.52. The first kappa shape index (κ1) is 8.75. The van der Waals surface area contributed by atoms with Crippen molar-refractivity contribution >= 4 is 0 Å². The minimum absolute atomic E-state index is 0.477. The Hall–Kier alpha value is -0.830. The fraction of sp³-hybridized carbons (Fsp3) is 0.700. The Morgan fingerprint density at radius 2 is 2.46 bits per heavy atom. The molecule has 1 aromatic rings. The standard InChI is InChI=1S/C10H17N3/c1-8-3-5-11-10(7-8)9-4-6-13(2)12-9/h4,6,8,10-11H,3,5,7H2,1-2H3. The largest absolute Gasteiger partial charge is 0.309 e. The van der Waals surface area contributed by atoms with Crippen LogP contribution in [0.25, 0.3) is 0 Å². The van der Waals surface area contributed by atoms with Gasteiger partial charge in [0.1, 0.15) is 0 Å². The summed E-state index contributed by atoms with van der Waals surface area (Å²) in [6.45, 7) is 3.44. The summed E-state index contributed by atoms with van der Waals surface area (Å²) in [6, 6.07) is 2.58. The zero-order valence-electron chi connectivity index (χ0n) is 8.33. The van der Waals surface area contributed by atoms with Gasteiger partial charge in [-0.05, 0) is 31.4 Å². The van der Waals surface area contributed by atoms with E-state index in [1.807, 2.05) is 17.9 Å². The number of nitrogens with zero attached hydrogens (tertiary/aromatic N) is 2. The number of aryl methyl sites for hydroxylation is 1. The van der Waals surface area contributed by atoms with Gasteiger partial charge >= 0.3 is 0 Å². The molecule has 0 spiro atoms. The van der Waals surface area contributed by atoms with Gasteiger partial charge in [0.25, 0.3) is 0 Å². The highest BCUT2D eigenvalue weighted by molar-refractivity contribution is 5.06. The van der Waals surface area contributed by atoms with Crippen molar-refractivity contribution in [1.82, 2.24) is 15.1 Å². The molecule has 2 rings (SSSR count). The van der Waals surface area contributed by atoms with Crippen LogP contribution < -0.4 is 5.32 Å². The van der Waals surface area contributed by atoms with E-state index < -0.39 is 0 Å². The average Bonchev–Trinajstić information content (AvgIpc) is 2.52. The third-order valence-electron chi connectivity index (χ3n) is 2.76. The zero-order chi connectivity index (χ0) is 9.26. The third-order valence-corrected chi connectivity index (χ3v) is 2.76. The van der Waals surface area contributed by atoms with E-state index in [-0.39, 0.29) is 0 Å². The summed E-state index contributed by atoms with van der Waals surface area (Å²) in [5, 5.41) is 7.93. The summed E-state index contributed by atoms with van der Waals surface area (Å²) in [5.41, 5.74) is 1.19. The molecule has 1 aliphatic rings. The fourth-order valence-corrected chi connectivity index (χ4v) is 1.95. The van der Waals surface area contributed by atoms with E-state index >= 15 is 0 Å². The molecule has 13 heavy (non-hydrogen) atoms. The molecule has 0 aromatic carbocycles. The van der Waals surface area contributed by atoms with E-state index in [4.69, 9.17) is 0 Å². The molecule has 0 amide bonds. The molecule has 1 N–H and O–H groups in total. The number of hydrogen-bond donors (Lipinski definition) is 1. The van der Waals surface area contributed by atoms with Crippen LogP contribution in [0.2, 0.25) is 0 Å². The van der Waals surface area contributed by atoms with E-state index in [2.05, 4.69) is 23.4 Å². The van der Waals surface area contributed by atoms with Crippen LogP contribution in [0.3, 0.4) is 0 Å². The van der Waals surface area contributed by atoms with Crippen molar-refractivity contribution in [2.45, 2.75) is 25.8 Å². The summed E-state index contributed by atoms with van der Waals surface area (Å²) in [4.78, 5) is 0. The zero-order valence-corrected chi connectivity index (χ0v) is 8.33. The van der Waals surface area contributed by atoms with Crippen LogP contribution in [0.4, 0.5) is 0 Å². The quantitative estimate of drug-likeness (QED) is 0.707. The molecule has 3 nitrogen and oxygen atoms in total. The Morgan fingerprint density at radius 1 is 1.62 bits per heavy atom. The van der Waals surface area contributed by atoms with Crippen molar-refractivity contribution in [3.63, 3.8) is 0 Å². The van der Waals surface area contributed by atoms with Gasteiger partial charge in [0.2, 0.25) is 0 Å². The van der Waals surface area contributed by atoms with Crippen molar-refractivity contribution < 1.29 is 0 Å². The van der Waals surface area contributed by atoms with Gasteiger partial charge in [-0.25, -0.2) is 0 Å². The van der Waals surface area contributed by atoms with Crippen LogP contribution in [0.5, 0.6) is 0 Å². The highest BCUT2D eigenvalue weighted by Crippen LogP contribution is 2.25. The maximum atomic E-state index is 4.42.